The second-order valence-corrected chi connectivity index (χ2v) is 5.99. The van der Waals surface area contributed by atoms with Crippen molar-refractivity contribution in [3.8, 4) is 11.8 Å². The third-order valence-electron chi connectivity index (χ3n) is 4.60. The largest absolute Gasteiger partial charge is 0.440 e. The number of ether oxygens (including phenoxy) is 1. The van der Waals surface area contributed by atoms with Gasteiger partial charge in [-0.2, -0.15) is 5.26 Å². The quantitative estimate of drug-likeness (QED) is 0.837. The number of hydrogen-bond acceptors (Lipinski definition) is 5. The second kappa shape index (κ2) is 6.78. The SMILES string of the molecule is CCN(CC)c1ccc([C@@H]2C(C#N)=C(N)Oc3cc(N)ccc32)cc1. The van der Waals surface area contributed by atoms with E-state index in [1.54, 1.807) is 6.07 Å². The number of hydrogen-bond donors (Lipinski definition) is 2. The predicted octanol–water partition coefficient (Wildman–Crippen LogP) is 3.33. The van der Waals surface area contributed by atoms with Crippen LogP contribution in [0.2, 0.25) is 0 Å². The third kappa shape index (κ3) is 2.99. The summed E-state index contributed by atoms with van der Waals surface area (Å²) in [4.78, 5) is 2.28. The number of nitrogens with two attached hydrogens (primary N) is 2. The first-order chi connectivity index (χ1) is 12.1. The fourth-order valence-electron chi connectivity index (χ4n) is 3.28. The van der Waals surface area contributed by atoms with Gasteiger partial charge in [0.25, 0.3) is 0 Å². The van der Waals surface area contributed by atoms with Crippen LogP contribution in [0.3, 0.4) is 0 Å². The maximum Gasteiger partial charge on any atom is 0.205 e. The standard InChI is InChI=1S/C20H22N4O/c1-3-24(4-2)15-8-5-13(6-9-15)19-16-10-7-14(22)11-18(16)25-20(23)17(19)12-21/h5-11,19H,3-4,22-23H2,1-2H3/t19-/m0/s1. The number of fused-ring (bicyclic) bond motifs is 1. The lowest BCUT2D eigenvalue weighted by Gasteiger charge is -2.27. The third-order valence-corrected chi connectivity index (χ3v) is 4.60. The van der Waals surface area contributed by atoms with E-state index < -0.39 is 0 Å². The summed E-state index contributed by atoms with van der Waals surface area (Å²) in [5.74, 6) is 0.493. The summed E-state index contributed by atoms with van der Waals surface area (Å²) in [6.45, 7) is 6.17. The van der Waals surface area contributed by atoms with Crippen LogP contribution < -0.4 is 21.1 Å². The zero-order valence-corrected chi connectivity index (χ0v) is 14.5. The van der Waals surface area contributed by atoms with Crippen LogP contribution in [0.5, 0.6) is 5.75 Å². The van der Waals surface area contributed by atoms with Crippen LogP contribution in [0.15, 0.2) is 53.9 Å². The first-order valence-electron chi connectivity index (χ1n) is 8.40. The number of nitrogen functional groups attached to an aromatic ring is 1. The Labute approximate surface area is 148 Å². The molecule has 0 fully saturated rings. The molecule has 1 aliphatic rings. The Morgan fingerprint density at radius 1 is 1.08 bits per heavy atom. The summed E-state index contributed by atoms with van der Waals surface area (Å²) in [5.41, 5.74) is 15.9. The van der Waals surface area contributed by atoms with Crippen molar-refractivity contribution in [3.05, 3.63) is 65.0 Å². The summed E-state index contributed by atoms with van der Waals surface area (Å²) >= 11 is 0. The van der Waals surface area contributed by atoms with Crippen LogP contribution >= 0.6 is 0 Å². The topological polar surface area (TPSA) is 88.3 Å². The van der Waals surface area contributed by atoms with Gasteiger partial charge in [0.15, 0.2) is 0 Å². The number of rotatable bonds is 4. The summed E-state index contributed by atoms with van der Waals surface area (Å²) in [6, 6.07) is 15.9. The van der Waals surface area contributed by atoms with Crippen LogP contribution in [0.4, 0.5) is 11.4 Å². The van der Waals surface area contributed by atoms with E-state index in [9.17, 15) is 5.26 Å². The number of benzene rings is 2. The molecule has 2 aromatic rings. The van der Waals surface area contributed by atoms with Crippen molar-refractivity contribution in [2.24, 2.45) is 5.73 Å². The van der Waals surface area contributed by atoms with Gasteiger partial charge in [0.2, 0.25) is 5.88 Å². The molecule has 25 heavy (non-hydrogen) atoms. The van der Waals surface area contributed by atoms with Crippen molar-refractivity contribution >= 4 is 11.4 Å². The molecule has 0 aromatic heterocycles. The Hall–Kier alpha value is -3.13. The minimum atomic E-state index is -0.250. The van der Waals surface area contributed by atoms with Gasteiger partial charge in [-0.3, -0.25) is 0 Å². The monoisotopic (exact) mass is 334 g/mol. The number of nitrogens with zero attached hydrogens (tertiary/aromatic N) is 2. The zero-order valence-electron chi connectivity index (χ0n) is 14.5. The molecular formula is C20H22N4O. The Kier molecular flexibility index (Phi) is 4.53. The van der Waals surface area contributed by atoms with Crippen molar-refractivity contribution in [1.29, 1.82) is 5.26 Å². The highest BCUT2D eigenvalue weighted by Crippen LogP contribution is 2.42. The van der Waals surface area contributed by atoms with E-state index in [0.717, 1.165) is 29.9 Å². The normalized spacial score (nSPS) is 16.0. The smallest absolute Gasteiger partial charge is 0.205 e. The van der Waals surface area contributed by atoms with Crippen molar-refractivity contribution < 1.29 is 4.74 Å². The van der Waals surface area contributed by atoms with Gasteiger partial charge in [0.05, 0.1) is 5.92 Å². The van der Waals surface area contributed by atoms with Gasteiger partial charge < -0.3 is 21.1 Å². The van der Waals surface area contributed by atoms with Gasteiger partial charge in [-0.05, 0) is 37.6 Å². The van der Waals surface area contributed by atoms with E-state index in [1.165, 1.54) is 0 Å². The van der Waals surface area contributed by atoms with Crippen molar-refractivity contribution in [2.45, 2.75) is 19.8 Å². The van der Waals surface area contributed by atoms with Crippen LogP contribution in [-0.2, 0) is 0 Å². The first kappa shape index (κ1) is 16.7. The van der Waals surface area contributed by atoms with Gasteiger partial charge in [-0.15, -0.1) is 0 Å². The molecule has 128 valence electrons. The molecule has 5 heteroatoms. The molecule has 4 N–H and O–H groups in total. The van der Waals surface area contributed by atoms with E-state index in [-0.39, 0.29) is 11.8 Å². The highest BCUT2D eigenvalue weighted by atomic mass is 16.5. The van der Waals surface area contributed by atoms with Gasteiger partial charge in [0.1, 0.15) is 17.4 Å². The van der Waals surface area contributed by atoms with Crippen LogP contribution in [-0.4, -0.2) is 13.1 Å². The fraction of sp³-hybridized carbons (Fsp3) is 0.250. The zero-order chi connectivity index (χ0) is 18.0. The van der Waals surface area contributed by atoms with Crippen LogP contribution in [0, 0.1) is 11.3 Å². The van der Waals surface area contributed by atoms with Gasteiger partial charge in [0, 0.05) is 36.1 Å². The Morgan fingerprint density at radius 3 is 2.36 bits per heavy atom. The number of anilines is 2. The summed E-state index contributed by atoms with van der Waals surface area (Å²) in [5, 5.41) is 9.59. The molecule has 1 heterocycles. The van der Waals surface area contributed by atoms with E-state index in [1.807, 2.05) is 24.3 Å². The molecule has 2 aromatic carbocycles. The molecule has 0 bridgehead atoms. The van der Waals surface area contributed by atoms with E-state index >= 15 is 0 Å². The highest BCUT2D eigenvalue weighted by molar-refractivity contribution is 5.60. The maximum atomic E-state index is 9.59. The molecule has 1 aliphatic heterocycles. The molecule has 0 saturated carbocycles. The van der Waals surface area contributed by atoms with Crippen molar-refractivity contribution in [2.75, 3.05) is 23.7 Å². The Bertz CT molecular complexity index is 845. The van der Waals surface area contributed by atoms with Crippen LogP contribution in [0.1, 0.15) is 30.9 Å². The average molecular weight is 334 g/mol. The molecule has 0 saturated heterocycles. The molecule has 0 unspecified atom stereocenters. The molecular weight excluding hydrogens is 312 g/mol. The lowest BCUT2D eigenvalue weighted by Crippen LogP contribution is -2.22. The molecule has 0 amide bonds. The number of allylic oxidation sites excluding steroid dienone is 1. The van der Waals surface area contributed by atoms with E-state index in [4.69, 9.17) is 16.2 Å². The molecule has 5 nitrogen and oxygen atoms in total. The Morgan fingerprint density at radius 2 is 1.76 bits per heavy atom. The lowest BCUT2D eigenvalue weighted by molar-refractivity contribution is 0.394. The molecule has 0 radical (unpaired) electrons. The Balaban J connectivity index is 2.07. The molecule has 3 rings (SSSR count). The molecule has 0 aliphatic carbocycles. The lowest BCUT2D eigenvalue weighted by atomic mass is 9.83. The van der Waals surface area contributed by atoms with E-state index in [2.05, 4.69) is 36.9 Å². The first-order valence-corrected chi connectivity index (χ1v) is 8.40. The van der Waals surface area contributed by atoms with Gasteiger partial charge >= 0.3 is 0 Å². The van der Waals surface area contributed by atoms with Gasteiger partial charge in [-0.25, -0.2) is 0 Å². The highest BCUT2D eigenvalue weighted by Gasteiger charge is 2.30. The second-order valence-electron chi connectivity index (χ2n) is 5.99. The van der Waals surface area contributed by atoms with Crippen molar-refractivity contribution in [1.82, 2.24) is 0 Å². The van der Waals surface area contributed by atoms with Gasteiger partial charge in [-0.1, -0.05) is 18.2 Å². The minimum absolute atomic E-state index is 0.137. The van der Waals surface area contributed by atoms with Crippen molar-refractivity contribution in [3.63, 3.8) is 0 Å². The molecule has 1 atom stereocenters. The summed E-state index contributed by atoms with van der Waals surface area (Å²) in [7, 11) is 0. The maximum absolute atomic E-state index is 9.59. The minimum Gasteiger partial charge on any atom is -0.440 e. The summed E-state index contributed by atoms with van der Waals surface area (Å²) < 4.78 is 5.61. The summed E-state index contributed by atoms with van der Waals surface area (Å²) in [6.07, 6.45) is 0. The van der Waals surface area contributed by atoms with Crippen LogP contribution in [0.25, 0.3) is 0 Å². The molecule has 0 spiro atoms. The fourth-order valence-corrected chi connectivity index (χ4v) is 3.28. The number of nitriles is 1. The average Bonchev–Trinajstić information content (AvgIpc) is 2.62. The predicted molar refractivity (Wildman–Crippen MR) is 100 cm³/mol. The van der Waals surface area contributed by atoms with E-state index in [0.29, 0.717) is 17.0 Å².